The van der Waals surface area contributed by atoms with Crippen molar-refractivity contribution in [1.29, 1.82) is 0 Å². The monoisotopic (exact) mass is 305 g/mol. The van der Waals surface area contributed by atoms with Gasteiger partial charge >= 0.3 is 0 Å². The number of nitrogens with zero attached hydrogens (tertiary/aromatic N) is 3. The summed E-state index contributed by atoms with van der Waals surface area (Å²) in [5.41, 5.74) is 2.80. The highest BCUT2D eigenvalue weighted by Crippen LogP contribution is 2.38. The highest BCUT2D eigenvalue weighted by Gasteiger charge is 2.27. The van der Waals surface area contributed by atoms with Crippen molar-refractivity contribution in [3.05, 3.63) is 41.5 Å². The van der Waals surface area contributed by atoms with E-state index in [9.17, 15) is 9.32 Å². The molecule has 0 aliphatic carbocycles. The van der Waals surface area contributed by atoms with Crippen molar-refractivity contribution in [2.75, 3.05) is 10.6 Å². The van der Waals surface area contributed by atoms with Gasteiger partial charge in [0.1, 0.15) is 22.6 Å². The van der Waals surface area contributed by atoms with Crippen molar-refractivity contribution in [1.82, 2.24) is 9.55 Å². The standard InChI is InChI=1S/C15H19N3O2S/c1-4-11-7-12-10(2)17-6-5-16-15(17)9-18(21(3)20)13(12)8-14(11)19/h5-8,10,19H,4,9H2,1-3H3. The molecule has 2 atom stereocenters. The van der Waals surface area contributed by atoms with Gasteiger partial charge in [0.25, 0.3) is 0 Å². The molecule has 0 spiro atoms. The van der Waals surface area contributed by atoms with Crippen LogP contribution in [0.15, 0.2) is 24.5 Å². The van der Waals surface area contributed by atoms with Gasteiger partial charge in [-0.15, -0.1) is 0 Å². The van der Waals surface area contributed by atoms with Crippen molar-refractivity contribution in [2.45, 2.75) is 32.9 Å². The van der Waals surface area contributed by atoms with E-state index in [0.29, 0.717) is 6.54 Å². The molecule has 6 heteroatoms. The summed E-state index contributed by atoms with van der Waals surface area (Å²) >= 11 is 0. The largest absolute Gasteiger partial charge is 0.508 e. The van der Waals surface area contributed by atoms with Crippen molar-refractivity contribution < 1.29 is 9.32 Å². The van der Waals surface area contributed by atoms with Crippen LogP contribution in [0.1, 0.15) is 36.8 Å². The first-order chi connectivity index (χ1) is 10.0. The first kappa shape index (κ1) is 14.1. The minimum Gasteiger partial charge on any atom is -0.508 e. The van der Waals surface area contributed by atoms with Gasteiger partial charge < -0.3 is 9.67 Å². The molecular formula is C15H19N3O2S. The molecule has 1 aromatic carbocycles. The van der Waals surface area contributed by atoms with Gasteiger partial charge in [-0.1, -0.05) is 6.92 Å². The summed E-state index contributed by atoms with van der Waals surface area (Å²) in [4.78, 5) is 4.37. The van der Waals surface area contributed by atoms with E-state index in [1.165, 1.54) is 0 Å². The molecule has 1 aromatic heterocycles. The number of hydrogen-bond donors (Lipinski definition) is 1. The predicted molar refractivity (Wildman–Crippen MR) is 83.8 cm³/mol. The van der Waals surface area contributed by atoms with Crippen molar-refractivity contribution >= 4 is 16.7 Å². The fourth-order valence-electron chi connectivity index (χ4n) is 2.89. The molecule has 0 bridgehead atoms. The third-order valence-electron chi connectivity index (χ3n) is 4.09. The van der Waals surface area contributed by atoms with E-state index in [-0.39, 0.29) is 11.8 Å². The Balaban J connectivity index is 2.26. The van der Waals surface area contributed by atoms with Crippen LogP contribution in [0.25, 0.3) is 0 Å². The van der Waals surface area contributed by atoms with Crippen LogP contribution in [0.5, 0.6) is 5.75 Å². The molecule has 0 amide bonds. The summed E-state index contributed by atoms with van der Waals surface area (Å²) in [5, 5.41) is 10.2. The second-order valence-electron chi connectivity index (χ2n) is 5.28. The molecule has 1 N–H and O–H groups in total. The van der Waals surface area contributed by atoms with E-state index in [2.05, 4.69) is 16.5 Å². The second-order valence-corrected chi connectivity index (χ2v) is 6.57. The highest BCUT2D eigenvalue weighted by molar-refractivity contribution is 7.85. The number of phenolic OH excluding ortho intramolecular Hbond substituents is 1. The van der Waals surface area contributed by atoms with Gasteiger partial charge in [0.2, 0.25) is 0 Å². The number of aromatic hydroxyl groups is 1. The first-order valence-electron chi connectivity index (χ1n) is 7.01. The summed E-state index contributed by atoms with van der Waals surface area (Å²) in [7, 11) is -1.18. The quantitative estimate of drug-likeness (QED) is 0.926. The maximum Gasteiger partial charge on any atom is 0.129 e. The van der Waals surface area contributed by atoms with Gasteiger partial charge in [-0.25, -0.2) is 9.19 Å². The Bertz CT molecular complexity index is 711. The average molecular weight is 305 g/mol. The number of hydrogen-bond acceptors (Lipinski definition) is 3. The molecule has 0 fully saturated rings. The summed E-state index contributed by atoms with van der Waals surface area (Å²) in [6, 6.07) is 3.85. The maximum atomic E-state index is 12.1. The molecule has 21 heavy (non-hydrogen) atoms. The minimum absolute atomic E-state index is 0.0944. The number of anilines is 1. The average Bonchev–Trinajstić information content (AvgIpc) is 2.87. The third-order valence-corrected chi connectivity index (χ3v) is 5.04. The Morgan fingerprint density at radius 1 is 1.48 bits per heavy atom. The molecule has 5 nitrogen and oxygen atoms in total. The van der Waals surface area contributed by atoms with Crippen LogP contribution in [0, 0.1) is 0 Å². The van der Waals surface area contributed by atoms with Gasteiger partial charge in [0.15, 0.2) is 0 Å². The van der Waals surface area contributed by atoms with Crippen LogP contribution >= 0.6 is 0 Å². The zero-order valence-electron chi connectivity index (χ0n) is 12.4. The second kappa shape index (κ2) is 5.18. The molecule has 0 saturated heterocycles. The highest BCUT2D eigenvalue weighted by atomic mass is 32.2. The maximum absolute atomic E-state index is 12.1. The number of aryl methyl sites for hydroxylation is 1. The molecule has 1 aliphatic rings. The van der Waals surface area contributed by atoms with Crippen LogP contribution in [-0.4, -0.2) is 25.1 Å². The summed E-state index contributed by atoms with van der Waals surface area (Å²) in [6.45, 7) is 4.59. The smallest absolute Gasteiger partial charge is 0.129 e. The van der Waals surface area contributed by atoms with Gasteiger partial charge in [-0.05, 0) is 30.5 Å². The molecule has 2 unspecified atom stereocenters. The predicted octanol–water partition coefficient (Wildman–Crippen LogP) is 2.37. The summed E-state index contributed by atoms with van der Waals surface area (Å²) in [6.07, 6.45) is 6.13. The zero-order chi connectivity index (χ0) is 15.1. The number of aromatic nitrogens is 2. The molecule has 0 radical (unpaired) electrons. The van der Waals surface area contributed by atoms with Gasteiger partial charge in [0, 0.05) is 24.7 Å². The SMILES string of the molecule is CCc1cc2c(cc1O)N(S(C)=O)Cc1nccn1C2C. The van der Waals surface area contributed by atoms with Crippen LogP contribution in [0.4, 0.5) is 5.69 Å². The van der Waals surface area contributed by atoms with E-state index in [1.807, 2.05) is 19.2 Å². The van der Waals surface area contributed by atoms with Gasteiger partial charge in [-0.3, -0.25) is 4.31 Å². The molecule has 112 valence electrons. The lowest BCUT2D eigenvalue weighted by Crippen LogP contribution is -2.24. The number of benzene rings is 1. The third kappa shape index (κ3) is 2.23. The Kier molecular flexibility index (Phi) is 3.49. The van der Waals surface area contributed by atoms with Crippen LogP contribution in [-0.2, 0) is 24.0 Å². The Labute approximate surface area is 126 Å². The number of fused-ring (bicyclic) bond motifs is 2. The normalized spacial score (nSPS) is 18.8. The summed E-state index contributed by atoms with van der Waals surface area (Å²) < 4.78 is 16.0. The lowest BCUT2D eigenvalue weighted by Gasteiger charge is -2.23. The Hall–Kier alpha value is -1.82. The van der Waals surface area contributed by atoms with Gasteiger partial charge in [-0.2, -0.15) is 0 Å². The van der Waals surface area contributed by atoms with Crippen LogP contribution in [0.2, 0.25) is 0 Å². The summed E-state index contributed by atoms with van der Waals surface area (Å²) in [5.74, 6) is 1.14. The Morgan fingerprint density at radius 2 is 2.24 bits per heavy atom. The van der Waals surface area contributed by atoms with E-state index in [4.69, 9.17) is 0 Å². The molecule has 1 aliphatic heterocycles. The molecule has 2 heterocycles. The Morgan fingerprint density at radius 3 is 2.90 bits per heavy atom. The van der Waals surface area contributed by atoms with Crippen molar-refractivity contribution in [3.8, 4) is 5.75 Å². The molecular weight excluding hydrogens is 286 g/mol. The topological polar surface area (TPSA) is 58.4 Å². The molecule has 2 aromatic rings. The number of rotatable bonds is 2. The minimum atomic E-state index is -1.18. The fourth-order valence-corrected chi connectivity index (χ4v) is 3.62. The number of phenols is 1. The molecule has 3 rings (SSSR count). The number of imidazole rings is 1. The fraction of sp³-hybridized carbons (Fsp3) is 0.400. The van der Waals surface area contributed by atoms with E-state index in [1.54, 1.807) is 22.8 Å². The van der Waals surface area contributed by atoms with Crippen LogP contribution < -0.4 is 4.31 Å². The molecule has 0 saturated carbocycles. The van der Waals surface area contributed by atoms with E-state index < -0.39 is 11.0 Å². The van der Waals surface area contributed by atoms with E-state index in [0.717, 1.165) is 29.1 Å². The van der Waals surface area contributed by atoms with E-state index >= 15 is 0 Å². The zero-order valence-corrected chi connectivity index (χ0v) is 13.2. The van der Waals surface area contributed by atoms with Crippen molar-refractivity contribution in [3.63, 3.8) is 0 Å². The lowest BCUT2D eigenvalue weighted by atomic mass is 10.0. The van der Waals surface area contributed by atoms with Crippen molar-refractivity contribution in [2.24, 2.45) is 0 Å². The van der Waals surface area contributed by atoms with Gasteiger partial charge in [0.05, 0.1) is 18.3 Å². The van der Waals surface area contributed by atoms with Crippen LogP contribution in [0.3, 0.4) is 0 Å². The lowest BCUT2D eigenvalue weighted by molar-refractivity contribution is 0.468. The first-order valence-corrected chi connectivity index (χ1v) is 8.53.